The van der Waals surface area contributed by atoms with Crippen molar-refractivity contribution in [2.75, 3.05) is 11.9 Å². The van der Waals surface area contributed by atoms with Crippen LogP contribution in [0.25, 0.3) is 0 Å². The lowest BCUT2D eigenvalue weighted by atomic mass is 9.51. The van der Waals surface area contributed by atoms with E-state index in [2.05, 4.69) is 12.2 Å². The Balaban J connectivity index is 1.76. The zero-order valence-electron chi connectivity index (χ0n) is 12.8. The van der Waals surface area contributed by atoms with E-state index in [-0.39, 0.29) is 5.91 Å². The lowest BCUT2D eigenvalue weighted by molar-refractivity contribution is -0.157. The molecule has 1 aromatic carbocycles. The fraction of sp³-hybridized carbons (Fsp3) is 0.588. The fourth-order valence-electron chi connectivity index (χ4n) is 3.89. The predicted molar refractivity (Wildman–Crippen MR) is 83.4 cm³/mol. The lowest BCUT2D eigenvalue weighted by Gasteiger charge is -2.61. The van der Waals surface area contributed by atoms with Gasteiger partial charge in [-0.2, -0.15) is 0 Å². The zero-order chi connectivity index (χ0) is 15.0. The van der Waals surface area contributed by atoms with Crippen LogP contribution in [0.5, 0.6) is 0 Å². The van der Waals surface area contributed by atoms with Gasteiger partial charge in [0.15, 0.2) is 0 Å². The molecule has 2 saturated carbocycles. The van der Waals surface area contributed by atoms with Crippen LogP contribution in [-0.2, 0) is 4.74 Å². The number of ether oxygens (including phenoxy) is 1. The van der Waals surface area contributed by atoms with E-state index < -0.39 is 0 Å². The standard InChI is InChI=1S/C17H24N2O2/c1-3-21-15-10-14(17(15)8-5-9-17)19-13-7-4-6-12(11(13)2)16(18)20/h4,6-7,14-15,19H,3,5,8-10H2,1-2H3,(H2,18,20). The number of hydrogen-bond donors (Lipinski definition) is 2. The molecule has 2 atom stereocenters. The summed E-state index contributed by atoms with van der Waals surface area (Å²) in [5, 5.41) is 3.64. The van der Waals surface area contributed by atoms with Crippen molar-refractivity contribution in [1.82, 2.24) is 0 Å². The van der Waals surface area contributed by atoms with E-state index in [1.165, 1.54) is 19.3 Å². The first-order valence-corrected chi connectivity index (χ1v) is 7.86. The van der Waals surface area contributed by atoms with Gasteiger partial charge in [0.05, 0.1) is 6.10 Å². The average molecular weight is 288 g/mol. The van der Waals surface area contributed by atoms with Gasteiger partial charge in [-0.3, -0.25) is 4.79 Å². The maximum absolute atomic E-state index is 11.4. The molecule has 0 bridgehead atoms. The Bertz CT molecular complexity index is 552. The van der Waals surface area contributed by atoms with Crippen LogP contribution in [0.2, 0.25) is 0 Å². The molecule has 1 aromatic rings. The minimum absolute atomic E-state index is 0.311. The predicted octanol–water partition coefficient (Wildman–Crippen LogP) is 2.85. The Labute approximate surface area is 126 Å². The van der Waals surface area contributed by atoms with Crippen LogP contribution in [0.1, 0.15) is 48.5 Å². The second-order valence-corrected chi connectivity index (χ2v) is 6.31. The molecule has 21 heavy (non-hydrogen) atoms. The van der Waals surface area contributed by atoms with E-state index in [1.807, 2.05) is 19.1 Å². The Morgan fingerprint density at radius 1 is 1.48 bits per heavy atom. The summed E-state index contributed by atoms with van der Waals surface area (Å²) in [4.78, 5) is 11.4. The molecule has 2 unspecified atom stereocenters. The molecular formula is C17H24N2O2. The number of rotatable bonds is 5. The van der Waals surface area contributed by atoms with Crippen LogP contribution in [0.4, 0.5) is 5.69 Å². The summed E-state index contributed by atoms with van der Waals surface area (Å²) in [7, 11) is 0. The maximum Gasteiger partial charge on any atom is 0.249 e. The molecule has 2 fully saturated rings. The molecule has 0 radical (unpaired) electrons. The van der Waals surface area contributed by atoms with Crippen LogP contribution in [-0.4, -0.2) is 24.7 Å². The van der Waals surface area contributed by atoms with Gasteiger partial charge in [0.1, 0.15) is 0 Å². The second kappa shape index (κ2) is 5.34. The topological polar surface area (TPSA) is 64.3 Å². The molecule has 0 aliphatic heterocycles. The summed E-state index contributed by atoms with van der Waals surface area (Å²) in [5.41, 5.74) is 8.31. The normalized spacial score (nSPS) is 26.0. The van der Waals surface area contributed by atoms with Crippen molar-refractivity contribution >= 4 is 11.6 Å². The SMILES string of the molecule is CCOC1CC(Nc2cccc(C(N)=O)c2C)C12CCC2. The van der Waals surface area contributed by atoms with Crippen molar-refractivity contribution in [1.29, 1.82) is 0 Å². The van der Waals surface area contributed by atoms with Gasteiger partial charge in [-0.05, 0) is 50.8 Å². The molecule has 3 N–H and O–H groups in total. The molecule has 114 valence electrons. The molecule has 3 rings (SSSR count). The molecule has 4 nitrogen and oxygen atoms in total. The van der Waals surface area contributed by atoms with Gasteiger partial charge in [0.25, 0.3) is 0 Å². The van der Waals surface area contributed by atoms with Gasteiger partial charge in [-0.15, -0.1) is 0 Å². The number of hydrogen-bond acceptors (Lipinski definition) is 3. The first-order valence-electron chi connectivity index (χ1n) is 7.86. The van der Waals surface area contributed by atoms with Gasteiger partial charge in [0.2, 0.25) is 5.91 Å². The van der Waals surface area contributed by atoms with E-state index in [1.54, 1.807) is 6.07 Å². The smallest absolute Gasteiger partial charge is 0.249 e. The molecule has 0 heterocycles. The lowest BCUT2D eigenvalue weighted by Crippen LogP contribution is -2.64. The van der Waals surface area contributed by atoms with Gasteiger partial charge < -0.3 is 15.8 Å². The van der Waals surface area contributed by atoms with E-state index in [9.17, 15) is 4.79 Å². The number of benzene rings is 1. The van der Waals surface area contributed by atoms with Gasteiger partial charge in [-0.1, -0.05) is 12.5 Å². The summed E-state index contributed by atoms with van der Waals surface area (Å²) in [6.45, 7) is 4.80. The maximum atomic E-state index is 11.4. The van der Waals surface area contributed by atoms with Crippen LogP contribution in [0, 0.1) is 12.3 Å². The fourth-order valence-corrected chi connectivity index (χ4v) is 3.89. The summed E-state index contributed by atoms with van der Waals surface area (Å²) < 4.78 is 5.88. The highest BCUT2D eigenvalue weighted by atomic mass is 16.5. The van der Waals surface area contributed by atoms with E-state index in [4.69, 9.17) is 10.5 Å². The van der Waals surface area contributed by atoms with Crippen LogP contribution < -0.4 is 11.1 Å². The Kier molecular flexibility index (Phi) is 3.66. The molecule has 4 heteroatoms. The third-order valence-electron chi connectivity index (χ3n) is 5.37. The first-order chi connectivity index (χ1) is 10.1. The van der Waals surface area contributed by atoms with Gasteiger partial charge in [-0.25, -0.2) is 0 Å². The van der Waals surface area contributed by atoms with E-state index in [0.717, 1.165) is 24.3 Å². The number of primary amides is 1. The molecule has 1 spiro atoms. The molecule has 1 amide bonds. The number of carbonyl (C=O) groups is 1. The molecule has 2 aliphatic carbocycles. The van der Waals surface area contributed by atoms with Crippen LogP contribution in [0.3, 0.4) is 0 Å². The van der Waals surface area contributed by atoms with Gasteiger partial charge in [0, 0.05) is 29.3 Å². The zero-order valence-corrected chi connectivity index (χ0v) is 12.8. The number of anilines is 1. The van der Waals surface area contributed by atoms with Gasteiger partial charge >= 0.3 is 0 Å². The Morgan fingerprint density at radius 3 is 2.81 bits per heavy atom. The van der Waals surface area contributed by atoms with E-state index in [0.29, 0.717) is 23.1 Å². The summed E-state index contributed by atoms with van der Waals surface area (Å²) >= 11 is 0. The van der Waals surface area contributed by atoms with Crippen LogP contribution in [0.15, 0.2) is 18.2 Å². The van der Waals surface area contributed by atoms with Crippen molar-refractivity contribution in [3.8, 4) is 0 Å². The van der Waals surface area contributed by atoms with Crippen molar-refractivity contribution in [3.05, 3.63) is 29.3 Å². The quantitative estimate of drug-likeness (QED) is 0.875. The molecule has 2 aliphatic rings. The monoisotopic (exact) mass is 288 g/mol. The first kappa shape index (κ1) is 14.4. The van der Waals surface area contributed by atoms with Crippen molar-refractivity contribution in [2.24, 2.45) is 11.1 Å². The number of nitrogens with two attached hydrogens (primary N) is 1. The van der Waals surface area contributed by atoms with Crippen molar-refractivity contribution in [3.63, 3.8) is 0 Å². The number of carbonyl (C=O) groups excluding carboxylic acids is 1. The minimum atomic E-state index is -0.365. The van der Waals surface area contributed by atoms with Crippen molar-refractivity contribution in [2.45, 2.75) is 51.7 Å². The molecular weight excluding hydrogens is 264 g/mol. The third kappa shape index (κ3) is 2.22. The average Bonchev–Trinajstić information content (AvgIpc) is 2.37. The largest absolute Gasteiger partial charge is 0.381 e. The number of nitrogens with one attached hydrogen (secondary N) is 1. The van der Waals surface area contributed by atoms with Crippen molar-refractivity contribution < 1.29 is 9.53 Å². The summed E-state index contributed by atoms with van der Waals surface area (Å²) in [6.07, 6.45) is 5.22. The van der Waals surface area contributed by atoms with E-state index >= 15 is 0 Å². The summed E-state index contributed by atoms with van der Waals surface area (Å²) in [6, 6.07) is 6.15. The molecule has 0 aromatic heterocycles. The van der Waals surface area contributed by atoms with Crippen LogP contribution >= 0.6 is 0 Å². The third-order valence-corrected chi connectivity index (χ3v) is 5.37. The highest BCUT2D eigenvalue weighted by Crippen LogP contribution is 2.58. The Hall–Kier alpha value is -1.55. The highest BCUT2D eigenvalue weighted by Gasteiger charge is 2.58. The highest BCUT2D eigenvalue weighted by molar-refractivity contribution is 5.95. The number of amides is 1. The summed E-state index contributed by atoms with van der Waals surface area (Å²) in [5.74, 6) is -0.365. The Morgan fingerprint density at radius 2 is 2.24 bits per heavy atom. The second-order valence-electron chi connectivity index (χ2n) is 6.31. The minimum Gasteiger partial charge on any atom is -0.381 e. The molecule has 0 saturated heterocycles.